The van der Waals surface area contributed by atoms with Crippen LogP contribution in [0.5, 0.6) is 17.2 Å². The van der Waals surface area contributed by atoms with Crippen LogP contribution in [-0.4, -0.2) is 25.1 Å². The van der Waals surface area contributed by atoms with E-state index >= 15 is 0 Å². The number of amides is 1. The fraction of sp³-hybridized carbons (Fsp3) is 0.120. The summed E-state index contributed by atoms with van der Waals surface area (Å²) in [5.41, 5.74) is 1.02. The first-order valence-corrected chi connectivity index (χ1v) is 10.2. The number of ether oxygens (including phenoxy) is 3. The van der Waals surface area contributed by atoms with Crippen LogP contribution in [0.25, 0.3) is 6.08 Å². The summed E-state index contributed by atoms with van der Waals surface area (Å²) in [5, 5.41) is 23.0. The van der Waals surface area contributed by atoms with Crippen molar-refractivity contribution >= 4 is 23.4 Å². The quantitative estimate of drug-likeness (QED) is 0.202. The van der Waals surface area contributed by atoms with E-state index in [-0.39, 0.29) is 35.1 Å². The van der Waals surface area contributed by atoms with E-state index in [1.165, 1.54) is 50.6 Å². The maximum absolute atomic E-state index is 13.1. The number of halogens is 1. The van der Waals surface area contributed by atoms with E-state index in [0.29, 0.717) is 17.1 Å². The Kier molecular flexibility index (Phi) is 7.98. The highest BCUT2D eigenvalue weighted by Gasteiger charge is 2.16. The average molecular weight is 477 g/mol. The lowest BCUT2D eigenvalue weighted by atomic mass is 10.1. The highest BCUT2D eigenvalue weighted by molar-refractivity contribution is 6.10. The molecule has 0 fully saturated rings. The van der Waals surface area contributed by atoms with Crippen LogP contribution in [0.2, 0.25) is 0 Å². The van der Waals surface area contributed by atoms with Gasteiger partial charge in [0.2, 0.25) is 0 Å². The summed E-state index contributed by atoms with van der Waals surface area (Å²) in [7, 11) is 2.76. The molecule has 1 N–H and O–H groups in total. The highest BCUT2D eigenvalue weighted by Crippen LogP contribution is 2.31. The summed E-state index contributed by atoms with van der Waals surface area (Å²) in [6, 6.07) is 16.3. The molecule has 10 heteroatoms. The molecule has 0 heterocycles. The van der Waals surface area contributed by atoms with Crippen molar-refractivity contribution in [1.82, 2.24) is 0 Å². The van der Waals surface area contributed by atoms with E-state index in [9.17, 15) is 24.6 Å². The Labute approximate surface area is 200 Å². The van der Waals surface area contributed by atoms with Gasteiger partial charge in [-0.2, -0.15) is 5.26 Å². The number of hydrogen-bond acceptors (Lipinski definition) is 7. The monoisotopic (exact) mass is 477 g/mol. The van der Waals surface area contributed by atoms with Gasteiger partial charge in [-0.1, -0.05) is 18.2 Å². The minimum absolute atomic E-state index is 0.0779. The van der Waals surface area contributed by atoms with Crippen LogP contribution in [0.4, 0.5) is 15.8 Å². The number of nitro groups is 1. The van der Waals surface area contributed by atoms with Gasteiger partial charge in [-0.25, -0.2) is 4.39 Å². The number of non-ortho nitro benzene ring substituents is 1. The zero-order valence-corrected chi connectivity index (χ0v) is 18.8. The number of rotatable bonds is 9. The molecule has 1 amide bonds. The largest absolute Gasteiger partial charge is 0.494 e. The van der Waals surface area contributed by atoms with Crippen LogP contribution in [0.1, 0.15) is 11.1 Å². The molecule has 0 aliphatic carbocycles. The van der Waals surface area contributed by atoms with Crippen LogP contribution in [0, 0.1) is 27.3 Å². The first kappa shape index (κ1) is 24.7. The maximum Gasteiger partial charge on any atom is 0.273 e. The lowest BCUT2D eigenvalue weighted by Gasteiger charge is -2.12. The van der Waals surface area contributed by atoms with Gasteiger partial charge in [0.05, 0.1) is 30.9 Å². The molecule has 9 nitrogen and oxygen atoms in total. The number of nitrogens with zero attached hydrogens (tertiary/aromatic N) is 2. The molecule has 178 valence electrons. The highest BCUT2D eigenvalue weighted by atomic mass is 19.1. The Hall–Kier alpha value is -4.91. The van der Waals surface area contributed by atoms with Crippen molar-refractivity contribution in [1.29, 1.82) is 5.26 Å². The van der Waals surface area contributed by atoms with Crippen molar-refractivity contribution in [2.75, 3.05) is 19.5 Å². The second-order valence-corrected chi connectivity index (χ2v) is 7.09. The molecule has 3 aromatic carbocycles. The minimum atomic E-state index is -0.727. The second-order valence-electron chi connectivity index (χ2n) is 7.09. The van der Waals surface area contributed by atoms with Gasteiger partial charge in [0.1, 0.15) is 29.8 Å². The molecule has 0 saturated carbocycles. The van der Waals surface area contributed by atoms with Gasteiger partial charge >= 0.3 is 0 Å². The van der Waals surface area contributed by atoms with Gasteiger partial charge in [0.15, 0.2) is 11.5 Å². The van der Waals surface area contributed by atoms with Crippen LogP contribution in [-0.2, 0) is 11.4 Å². The number of nitriles is 1. The van der Waals surface area contributed by atoms with E-state index in [1.807, 2.05) is 6.07 Å². The van der Waals surface area contributed by atoms with Gasteiger partial charge in [-0.15, -0.1) is 0 Å². The Morgan fingerprint density at radius 1 is 1.06 bits per heavy atom. The van der Waals surface area contributed by atoms with E-state index in [4.69, 9.17) is 14.2 Å². The van der Waals surface area contributed by atoms with Crippen LogP contribution < -0.4 is 19.5 Å². The first-order valence-electron chi connectivity index (χ1n) is 10.2. The zero-order chi connectivity index (χ0) is 25.4. The predicted molar refractivity (Wildman–Crippen MR) is 126 cm³/mol. The van der Waals surface area contributed by atoms with E-state index < -0.39 is 10.8 Å². The van der Waals surface area contributed by atoms with E-state index in [2.05, 4.69) is 5.32 Å². The van der Waals surface area contributed by atoms with Crippen LogP contribution >= 0.6 is 0 Å². The molecule has 0 atom stereocenters. The van der Waals surface area contributed by atoms with Gasteiger partial charge < -0.3 is 19.5 Å². The molecule has 0 radical (unpaired) electrons. The summed E-state index contributed by atoms with van der Waals surface area (Å²) in [4.78, 5) is 23.0. The Bertz CT molecular complexity index is 1320. The standard InChI is InChI=1S/C25H20FN3O6/c1-33-23-13-20(29(31)32)8-9-21(23)28-25(30)18(14-27)11-17-5-10-22(24(12-17)34-2)35-15-16-3-6-19(26)7-4-16/h3-13H,15H2,1-2H3,(H,28,30). The SMILES string of the molecule is COc1cc([N+](=O)[O-])ccc1NC(=O)C(C#N)=Cc1ccc(OCc2ccc(F)cc2)c(OC)c1. The summed E-state index contributed by atoms with van der Waals surface area (Å²) < 4.78 is 29.3. The van der Waals surface area contributed by atoms with E-state index in [0.717, 1.165) is 5.56 Å². The summed E-state index contributed by atoms with van der Waals surface area (Å²) in [5.74, 6) is -0.195. The van der Waals surface area contributed by atoms with Gasteiger partial charge in [0.25, 0.3) is 11.6 Å². The molecule has 0 aliphatic heterocycles. The van der Waals surface area contributed by atoms with Gasteiger partial charge in [-0.3, -0.25) is 14.9 Å². The second kappa shape index (κ2) is 11.3. The lowest BCUT2D eigenvalue weighted by Crippen LogP contribution is -2.14. The third-order valence-electron chi connectivity index (χ3n) is 4.82. The van der Waals surface area contributed by atoms with Crippen molar-refractivity contribution in [3.63, 3.8) is 0 Å². The maximum atomic E-state index is 13.1. The molecule has 0 saturated heterocycles. The number of carbonyl (C=O) groups is 1. The van der Waals surface area contributed by atoms with Crippen LogP contribution in [0.15, 0.2) is 66.2 Å². The molecular weight excluding hydrogens is 457 g/mol. The summed E-state index contributed by atoms with van der Waals surface area (Å²) >= 11 is 0. The van der Waals surface area contributed by atoms with Crippen molar-refractivity contribution in [2.45, 2.75) is 6.61 Å². The fourth-order valence-electron chi connectivity index (χ4n) is 3.04. The summed E-state index contributed by atoms with van der Waals surface area (Å²) in [6.45, 7) is 0.189. The molecule has 0 unspecified atom stereocenters. The summed E-state index contributed by atoms with van der Waals surface area (Å²) in [6.07, 6.45) is 1.36. The normalized spacial score (nSPS) is 10.7. The topological polar surface area (TPSA) is 124 Å². The Balaban J connectivity index is 1.77. The van der Waals surface area contributed by atoms with E-state index in [1.54, 1.807) is 30.3 Å². The number of nitro benzene ring substituents is 1. The number of nitrogens with one attached hydrogen (secondary N) is 1. The molecule has 35 heavy (non-hydrogen) atoms. The zero-order valence-electron chi connectivity index (χ0n) is 18.8. The number of benzene rings is 3. The van der Waals surface area contributed by atoms with Crippen molar-refractivity contribution in [3.05, 3.63) is 93.3 Å². The minimum Gasteiger partial charge on any atom is -0.494 e. The molecule has 0 aliphatic rings. The molecule has 0 aromatic heterocycles. The average Bonchev–Trinajstić information content (AvgIpc) is 2.87. The van der Waals surface area contributed by atoms with Crippen LogP contribution in [0.3, 0.4) is 0 Å². The fourth-order valence-corrected chi connectivity index (χ4v) is 3.04. The molecule has 3 rings (SSSR count). The smallest absolute Gasteiger partial charge is 0.273 e. The van der Waals surface area contributed by atoms with Gasteiger partial charge in [0, 0.05) is 6.07 Å². The first-order chi connectivity index (χ1) is 16.8. The number of methoxy groups -OCH3 is 2. The predicted octanol–water partition coefficient (Wildman–Crippen LogP) is 4.88. The van der Waals surface area contributed by atoms with Crippen molar-refractivity contribution < 1.29 is 28.3 Å². The third-order valence-corrected chi connectivity index (χ3v) is 4.82. The number of hydrogen-bond donors (Lipinski definition) is 1. The lowest BCUT2D eigenvalue weighted by molar-refractivity contribution is -0.384. The molecular formula is C25H20FN3O6. The Morgan fingerprint density at radius 2 is 1.77 bits per heavy atom. The molecule has 0 spiro atoms. The van der Waals surface area contributed by atoms with Crippen molar-refractivity contribution in [3.8, 4) is 23.3 Å². The third kappa shape index (κ3) is 6.33. The Morgan fingerprint density at radius 3 is 2.40 bits per heavy atom. The number of anilines is 1. The molecule has 0 bridgehead atoms. The van der Waals surface area contributed by atoms with Gasteiger partial charge in [-0.05, 0) is 47.5 Å². The molecule has 3 aromatic rings. The number of carbonyl (C=O) groups excluding carboxylic acids is 1. The van der Waals surface area contributed by atoms with Crippen molar-refractivity contribution in [2.24, 2.45) is 0 Å².